The Hall–Kier alpha value is -2.74. The van der Waals surface area contributed by atoms with E-state index in [-0.39, 0.29) is 18.1 Å². The number of benzene rings is 1. The highest BCUT2D eigenvalue weighted by Crippen LogP contribution is 2.16. The van der Waals surface area contributed by atoms with E-state index in [0.717, 1.165) is 10.6 Å². The van der Waals surface area contributed by atoms with E-state index in [1.807, 2.05) is 0 Å². The third kappa shape index (κ3) is 3.72. The van der Waals surface area contributed by atoms with Crippen LogP contribution in [0.1, 0.15) is 26.9 Å². The van der Waals surface area contributed by atoms with E-state index in [2.05, 4.69) is 20.2 Å². The normalized spacial score (nSPS) is 10.7. The second-order valence-corrected chi connectivity index (χ2v) is 5.73. The van der Waals surface area contributed by atoms with E-state index in [1.165, 1.54) is 29.8 Å². The van der Waals surface area contributed by atoms with Gasteiger partial charge in [-0.25, -0.2) is 14.4 Å². The molecular formula is C15H11FN4O2S. The number of ketones is 2. The van der Waals surface area contributed by atoms with Crippen LogP contribution in [0, 0.1) is 5.82 Å². The van der Waals surface area contributed by atoms with Gasteiger partial charge in [0.25, 0.3) is 5.78 Å². The monoisotopic (exact) mass is 330 g/mol. The predicted molar refractivity (Wildman–Crippen MR) is 80.7 cm³/mol. The van der Waals surface area contributed by atoms with Crippen molar-refractivity contribution in [3.8, 4) is 0 Å². The van der Waals surface area contributed by atoms with Gasteiger partial charge in [-0.05, 0) is 17.7 Å². The van der Waals surface area contributed by atoms with Crippen LogP contribution in [0.2, 0.25) is 0 Å². The van der Waals surface area contributed by atoms with E-state index < -0.39 is 11.6 Å². The molecule has 6 nitrogen and oxygen atoms in total. The summed E-state index contributed by atoms with van der Waals surface area (Å²) >= 11 is 1.39. The molecule has 1 N–H and O–H groups in total. The molecule has 0 saturated heterocycles. The first kappa shape index (κ1) is 15.2. The van der Waals surface area contributed by atoms with Crippen LogP contribution >= 0.6 is 11.3 Å². The second kappa shape index (κ2) is 6.57. The van der Waals surface area contributed by atoms with E-state index in [9.17, 15) is 14.0 Å². The van der Waals surface area contributed by atoms with Crippen molar-refractivity contribution >= 4 is 22.9 Å². The maximum absolute atomic E-state index is 12.9. The fourth-order valence-corrected chi connectivity index (χ4v) is 2.80. The van der Waals surface area contributed by atoms with Crippen molar-refractivity contribution in [2.45, 2.75) is 12.8 Å². The minimum Gasteiger partial charge on any atom is -0.290 e. The summed E-state index contributed by atoms with van der Waals surface area (Å²) in [5.41, 5.74) is 1.46. The van der Waals surface area contributed by atoms with Gasteiger partial charge in [0.1, 0.15) is 12.1 Å². The molecule has 2 heterocycles. The molecule has 0 fully saturated rings. The van der Waals surface area contributed by atoms with Crippen LogP contribution in [-0.2, 0) is 17.6 Å². The molecule has 0 aliphatic carbocycles. The highest BCUT2D eigenvalue weighted by molar-refractivity contribution is 7.09. The molecule has 8 heteroatoms. The number of nitrogens with one attached hydrogen (secondary N) is 1. The van der Waals surface area contributed by atoms with Gasteiger partial charge in [-0.3, -0.25) is 14.7 Å². The van der Waals surface area contributed by atoms with E-state index in [4.69, 9.17) is 0 Å². The van der Waals surface area contributed by atoms with Crippen molar-refractivity contribution in [1.29, 1.82) is 0 Å². The fourth-order valence-electron chi connectivity index (χ4n) is 1.98. The maximum atomic E-state index is 12.9. The molecule has 0 aliphatic heterocycles. The molecule has 0 spiro atoms. The zero-order valence-electron chi connectivity index (χ0n) is 11.8. The van der Waals surface area contributed by atoms with Crippen molar-refractivity contribution in [3.05, 3.63) is 63.9 Å². The third-order valence-corrected chi connectivity index (χ3v) is 3.98. The Kier molecular flexibility index (Phi) is 4.33. The molecule has 23 heavy (non-hydrogen) atoms. The van der Waals surface area contributed by atoms with Crippen molar-refractivity contribution in [1.82, 2.24) is 20.2 Å². The molecule has 1 aromatic carbocycles. The SMILES string of the molecule is O=C(Cc1csc(Cc2ccc(F)cc2)n1)C(=O)c1nc[nH]n1. The number of hydrogen-bond donors (Lipinski definition) is 1. The summed E-state index contributed by atoms with van der Waals surface area (Å²) in [7, 11) is 0. The topological polar surface area (TPSA) is 88.6 Å². The van der Waals surface area contributed by atoms with Crippen molar-refractivity contribution in [3.63, 3.8) is 0 Å². The number of thiazole rings is 1. The number of nitrogens with zero attached hydrogens (tertiary/aromatic N) is 3. The number of aromatic amines is 1. The van der Waals surface area contributed by atoms with Gasteiger partial charge in [-0.1, -0.05) is 12.1 Å². The summed E-state index contributed by atoms with van der Waals surface area (Å²) in [6.45, 7) is 0. The minimum absolute atomic E-state index is 0.0900. The molecular weight excluding hydrogens is 319 g/mol. The molecule has 0 atom stereocenters. The fraction of sp³-hybridized carbons (Fsp3) is 0.133. The second-order valence-electron chi connectivity index (χ2n) is 4.79. The molecule has 3 rings (SSSR count). The Labute approximate surface area is 134 Å². The van der Waals surface area contributed by atoms with E-state index in [1.54, 1.807) is 17.5 Å². The minimum atomic E-state index is -0.737. The van der Waals surface area contributed by atoms with E-state index >= 15 is 0 Å². The van der Waals surface area contributed by atoms with Crippen LogP contribution in [0.3, 0.4) is 0 Å². The number of aromatic nitrogens is 4. The van der Waals surface area contributed by atoms with Gasteiger partial charge < -0.3 is 0 Å². The van der Waals surface area contributed by atoms with Crippen LogP contribution in [-0.4, -0.2) is 31.7 Å². The molecule has 0 amide bonds. The van der Waals surface area contributed by atoms with Crippen molar-refractivity contribution in [2.24, 2.45) is 0 Å². The standard InChI is InChI=1S/C15H11FN4O2S/c16-10-3-1-9(2-4-10)5-13-19-11(7-23-13)6-12(21)14(22)15-17-8-18-20-15/h1-4,7-8H,5-6H2,(H,17,18,20). The quantitative estimate of drug-likeness (QED) is 0.551. The smallest absolute Gasteiger partial charge is 0.267 e. The van der Waals surface area contributed by atoms with Gasteiger partial charge >= 0.3 is 0 Å². The van der Waals surface area contributed by atoms with Crippen LogP contribution in [0.5, 0.6) is 0 Å². The van der Waals surface area contributed by atoms with E-state index in [0.29, 0.717) is 12.1 Å². The van der Waals surface area contributed by atoms with Gasteiger partial charge in [-0.15, -0.1) is 16.4 Å². The molecule has 0 bridgehead atoms. The Morgan fingerprint density at radius 1 is 1.22 bits per heavy atom. The number of rotatable bonds is 6. The Morgan fingerprint density at radius 2 is 2.00 bits per heavy atom. The average molecular weight is 330 g/mol. The summed E-state index contributed by atoms with van der Waals surface area (Å²) in [5, 5.41) is 8.52. The number of halogens is 1. The average Bonchev–Trinajstić information content (AvgIpc) is 3.21. The van der Waals surface area contributed by atoms with Crippen molar-refractivity contribution in [2.75, 3.05) is 0 Å². The largest absolute Gasteiger partial charge is 0.290 e. The molecule has 0 aliphatic rings. The van der Waals surface area contributed by atoms with Gasteiger partial charge in [0.15, 0.2) is 0 Å². The van der Waals surface area contributed by atoms with Crippen LogP contribution in [0.4, 0.5) is 4.39 Å². The molecule has 2 aromatic heterocycles. The molecule has 0 unspecified atom stereocenters. The zero-order chi connectivity index (χ0) is 16.2. The number of hydrogen-bond acceptors (Lipinski definition) is 6. The first-order valence-electron chi connectivity index (χ1n) is 6.73. The summed E-state index contributed by atoms with van der Waals surface area (Å²) in [6.07, 6.45) is 1.70. The summed E-state index contributed by atoms with van der Waals surface area (Å²) in [5.74, 6) is -1.77. The number of Topliss-reactive ketones (excluding diaryl/α,β-unsaturated/α-hetero) is 2. The van der Waals surface area contributed by atoms with Gasteiger partial charge in [0.05, 0.1) is 17.1 Å². The molecule has 116 valence electrons. The first-order chi connectivity index (χ1) is 11.1. The molecule has 0 saturated carbocycles. The lowest BCUT2D eigenvalue weighted by molar-refractivity contribution is -0.114. The lowest BCUT2D eigenvalue weighted by atomic mass is 10.1. The highest BCUT2D eigenvalue weighted by Gasteiger charge is 2.21. The summed E-state index contributed by atoms with van der Waals surface area (Å²) in [6, 6.07) is 6.16. The number of carbonyl (C=O) groups excluding carboxylic acids is 2. The van der Waals surface area contributed by atoms with Gasteiger partial charge in [0, 0.05) is 11.8 Å². The highest BCUT2D eigenvalue weighted by atomic mass is 32.1. The zero-order valence-corrected chi connectivity index (χ0v) is 12.6. The van der Waals surface area contributed by atoms with Crippen LogP contribution in [0.25, 0.3) is 0 Å². The molecule has 3 aromatic rings. The van der Waals surface area contributed by atoms with Gasteiger partial charge in [0.2, 0.25) is 11.6 Å². The summed E-state index contributed by atoms with van der Waals surface area (Å²) in [4.78, 5) is 31.7. The summed E-state index contributed by atoms with van der Waals surface area (Å²) < 4.78 is 12.9. The third-order valence-electron chi connectivity index (χ3n) is 3.08. The number of H-pyrrole nitrogens is 1. The predicted octanol–water partition coefficient (Wildman–Crippen LogP) is 1.99. The Morgan fingerprint density at radius 3 is 2.70 bits per heavy atom. The van der Waals surface area contributed by atoms with Crippen LogP contribution < -0.4 is 0 Å². The van der Waals surface area contributed by atoms with Crippen LogP contribution in [0.15, 0.2) is 36.0 Å². The molecule has 0 radical (unpaired) electrons. The first-order valence-corrected chi connectivity index (χ1v) is 7.61. The lowest BCUT2D eigenvalue weighted by Crippen LogP contribution is -2.18. The van der Waals surface area contributed by atoms with Gasteiger partial charge in [-0.2, -0.15) is 0 Å². The maximum Gasteiger partial charge on any atom is 0.267 e. The number of carbonyl (C=O) groups is 2. The Balaban J connectivity index is 1.64. The Bertz CT molecular complexity index is 828. The lowest BCUT2D eigenvalue weighted by Gasteiger charge is -1.97. The van der Waals surface area contributed by atoms with Crippen molar-refractivity contribution < 1.29 is 14.0 Å².